The maximum atomic E-state index is 4.74. The molecule has 2 aromatic rings. The summed E-state index contributed by atoms with van der Waals surface area (Å²) >= 11 is 0. The maximum Gasteiger partial charge on any atom is 0.0690 e. The standard InChI is InChI=1S/C17H23N3/c1-17(2,3)18-12-14-6-4-5-7-16(14)20-11-10-15(19-20)13-8-9-13/h4-7,10-11,13,18H,8-9,12H2,1-3H3. The minimum Gasteiger partial charge on any atom is -0.308 e. The molecule has 0 bridgehead atoms. The van der Waals surface area contributed by atoms with Gasteiger partial charge in [0.25, 0.3) is 0 Å². The molecule has 1 heterocycles. The summed E-state index contributed by atoms with van der Waals surface area (Å²) in [5.41, 5.74) is 3.82. The molecule has 0 amide bonds. The molecule has 0 atom stereocenters. The quantitative estimate of drug-likeness (QED) is 0.918. The van der Waals surface area contributed by atoms with Crippen molar-refractivity contribution >= 4 is 0 Å². The van der Waals surface area contributed by atoms with Gasteiger partial charge in [-0.1, -0.05) is 18.2 Å². The smallest absolute Gasteiger partial charge is 0.0690 e. The average molecular weight is 269 g/mol. The van der Waals surface area contributed by atoms with Crippen LogP contribution in [0.25, 0.3) is 5.69 Å². The van der Waals surface area contributed by atoms with Crippen molar-refractivity contribution in [3.63, 3.8) is 0 Å². The average Bonchev–Trinajstić information content (AvgIpc) is 3.14. The highest BCUT2D eigenvalue weighted by Gasteiger charge is 2.26. The number of hydrogen-bond donors (Lipinski definition) is 1. The Labute approximate surface area is 121 Å². The minimum absolute atomic E-state index is 0.121. The lowest BCUT2D eigenvalue weighted by Gasteiger charge is -2.21. The molecule has 1 N–H and O–H groups in total. The second kappa shape index (κ2) is 5.06. The number of para-hydroxylation sites is 1. The second-order valence-electron chi connectivity index (χ2n) is 6.69. The molecule has 0 radical (unpaired) electrons. The van der Waals surface area contributed by atoms with Gasteiger partial charge in [0, 0.05) is 24.2 Å². The molecule has 3 heteroatoms. The topological polar surface area (TPSA) is 29.9 Å². The normalized spacial score (nSPS) is 15.6. The van der Waals surface area contributed by atoms with E-state index in [1.807, 2.05) is 4.68 Å². The molecule has 106 valence electrons. The summed E-state index contributed by atoms with van der Waals surface area (Å²) in [5.74, 6) is 0.705. The number of benzene rings is 1. The van der Waals surface area contributed by atoms with E-state index in [4.69, 9.17) is 5.10 Å². The lowest BCUT2D eigenvalue weighted by atomic mass is 10.1. The van der Waals surface area contributed by atoms with Crippen molar-refractivity contribution in [2.45, 2.75) is 51.6 Å². The van der Waals surface area contributed by atoms with Crippen LogP contribution in [-0.2, 0) is 6.54 Å². The third kappa shape index (κ3) is 3.10. The van der Waals surface area contributed by atoms with Gasteiger partial charge in [-0.3, -0.25) is 0 Å². The maximum absolute atomic E-state index is 4.74. The summed E-state index contributed by atoms with van der Waals surface area (Å²) in [4.78, 5) is 0. The lowest BCUT2D eigenvalue weighted by Crippen LogP contribution is -2.35. The molecule has 0 unspecified atom stereocenters. The van der Waals surface area contributed by atoms with E-state index >= 15 is 0 Å². The van der Waals surface area contributed by atoms with E-state index in [0.29, 0.717) is 5.92 Å². The molecule has 0 saturated heterocycles. The zero-order chi connectivity index (χ0) is 14.2. The molecule has 1 aliphatic carbocycles. The van der Waals surface area contributed by atoms with E-state index in [2.05, 4.69) is 62.6 Å². The minimum atomic E-state index is 0.121. The molecule has 1 saturated carbocycles. The van der Waals surface area contributed by atoms with Gasteiger partial charge in [-0.05, 0) is 51.3 Å². The molecule has 1 aromatic carbocycles. The van der Waals surface area contributed by atoms with Crippen molar-refractivity contribution in [3.8, 4) is 5.69 Å². The van der Waals surface area contributed by atoms with Crippen LogP contribution in [-0.4, -0.2) is 15.3 Å². The fourth-order valence-electron chi connectivity index (χ4n) is 2.31. The monoisotopic (exact) mass is 269 g/mol. The first-order valence-corrected chi connectivity index (χ1v) is 7.42. The summed E-state index contributed by atoms with van der Waals surface area (Å²) < 4.78 is 2.02. The highest BCUT2D eigenvalue weighted by atomic mass is 15.3. The lowest BCUT2D eigenvalue weighted by molar-refractivity contribution is 0.424. The van der Waals surface area contributed by atoms with Crippen LogP contribution in [0.3, 0.4) is 0 Å². The Balaban J connectivity index is 1.84. The van der Waals surface area contributed by atoms with Crippen molar-refractivity contribution in [1.29, 1.82) is 0 Å². The number of nitrogens with zero attached hydrogens (tertiary/aromatic N) is 2. The van der Waals surface area contributed by atoms with E-state index in [9.17, 15) is 0 Å². The van der Waals surface area contributed by atoms with Gasteiger partial charge >= 0.3 is 0 Å². The van der Waals surface area contributed by atoms with Crippen LogP contribution in [0.5, 0.6) is 0 Å². The Bertz CT molecular complexity index is 588. The highest BCUT2D eigenvalue weighted by Crippen LogP contribution is 2.39. The number of rotatable bonds is 4. The predicted molar refractivity (Wildman–Crippen MR) is 82.1 cm³/mol. The first-order valence-electron chi connectivity index (χ1n) is 7.42. The third-order valence-corrected chi connectivity index (χ3v) is 3.65. The van der Waals surface area contributed by atoms with Crippen molar-refractivity contribution in [3.05, 3.63) is 47.8 Å². The van der Waals surface area contributed by atoms with Gasteiger partial charge in [0.1, 0.15) is 0 Å². The van der Waals surface area contributed by atoms with Crippen LogP contribution in [0, 0.1) is 0 Å². The second-order valence-corrected chi connectivity index (χ2v) is 6.69. The van der Waals surface area contributed by atoms with Crippen LogP contribution < -0.4 is 5.32 Å². The van der Waals surface area contributed by atoms with Crippen LogP contribution >= 0.6 is 0 Å². The molecular formula is C17H23N3. The largest absolute Gasteiger partial charge is 0.308 e. The Morgan fingerprint density at radius 2 is 1.95 bits per heavy atom. The zero-order valence-corrected chi connectivity index (χ0v) is 12.6. The van der Waals surface area contributed by atoms with E-state index in [1.165, 1.54) is 29.8 Å². The van der Waals surface area contributed by atoms with Crippen molar-refractivity contribution < 1.29 is 0 Å². The Morgan fingerprint density at radius 3 is 2.65 bits per heavy atom. The van der Waals surface area contributed by atoms with Crippen LogP contribution in [0.4, 0.5) is 0 Å². The summed E-state index contributed by atoms with van der Waals surface area (Å²) in [6.45, 7) is 7.43. The fourth-order valence-corrected chi connectivity index (χ4v) is 2.31. The number of aromatic nitrogens is 2. The van der Waals surface area contributed by atoms with Crippen molar-refractivity contribution in [2.24, 2.45) is 0 Å². The molecule has 1 aromatic heterocycles. The van der Waals surface area contributed by atoms with Gasteiger partial charge in [-0.25, -0.2) is 4.68 Å². The molecule has 20 heavy (non-hydrogen) atoms. The summed E-state index contributed by atoms with van der Waals surface area (Å²) in [5, 5.41) is 8.29. The molecule has 0 spiro atoms. The fraction of sp³-hybridized carbons (Fsp3) is 0.471. The van der Waals surface area contributed by atoms with Crippen LogP contribution in [0.15, 0.2) is 36.5 Å². The van der Waals surface area contributed by atoms with E-state index in [1.54, 1.807) is 0 Å². The first kappa shape index (κ1) is 13.4. The van der Waals surface area contributed by atoms with Gasteiger partial charge < -0.3 is 5.32 Å². The SMILES string of the molecule is CC(C)(C)NCc1ccccc1-n1ccc(C2CC2)n1. The van der Waals surface area contributed by atoms with Crippen molar-refractivity contribution in [2.75, 3.05) is 0 Å². The zero-order valence-electron chi connectivity index (χ0n) is 12.6. The van der Waals surface area contributed by atoms with Gasteiger partial charge in [-0.2, -0.15) is 5.10 Å². The number of nitrogens with one attached hydrogen (secondary N) is 1. The molecular weight excluding hydrogens is 246 g/mol. The van der Waals surface area contributed by atoms with E-state index in [0.717, 1.165) is 6.54 Å². The molecule has 3 rings (SSSR count). The highest BCUT2D eigenvalue weighted by molar-refractivity contribution is 5.40. The summed E-state index contributed by atoms with van der Waals surface area (Å²) in [6, 6.07) is 10.6. The summed E-state index contributed by atoms with van der Waals surface area (Å²) in [6.07, 6.45) is 4.68. The Morgan fingerprint density at radius 1 is 1.20 bits per heavy atom. The van der Waals surface area contributed by atoms with E-state index in [-0.39, 0.29) is 5.54 Å². The van der Waals surface area contributed by atoms with Gasteiger partial charge in [0.05, 0.1) is 11.4 Å². The van der Waals surface area contributed by atoms with Crippen LogP contribution in [0.2, 0.25) is 0 Å². The molecule has 0 aliphatic heterocycles. The van der Waals surface area contributed by atoms with E-state index < -0.39 is 0 Å². The van der Waals surface area contributed by atoms with Gasteiger partial charge in [0.2, 0.25) is 0 Å². The molecule has 1 aliphatic rings. The Kier molecular flexibility index (Phi) is 3.38. The van der Waals surface area contributed by atoms with Gasteiger partial charge in [0.15, 0.2) is 0 Å². The Hall–Kier alpha value is -1.61. The summed E-state index contributed by atoms with van der Waals surface area (Å²) in [7, 11) is 0. The van der Waals surface area contributed by atoms with Gasteiger partial charge in [-0.15, -0.1) is 0 Å². The number of hydrogen-bond acceptors (Lipinski definition) is 2. The molecule has 3 nitrogen and oxygen atoms in total. The molecule has 1 fully saturated rings. The first-order chi connectivity index (χ1) is 9.53. The predicted octanol–water partition coefficient (Wildman–Crippen LogP) is 3.64. The van der Waals surface area contributed by atoms with Crippen molar-refractivity contribution in [1.82, 2.24) is 15.1 Å². The third-order valence-electron chi connectivity index (χ3n) is 3.65. The van der Waals surface area contributed by atoms with Crippen LogP contribution in [0.1, 0.15) is 50.8 Å².